The SMILES string of the molecule is CC1CCc2c(sc3[nH]c(=O)c(C(=O)Nc4ccc(S(N)(=O)=O)cc4)c(O)c23)C1. The van der Waals surface area contributed by atoms with Gasteiger partial charge in [0.15, 0.2) is 0 Å². The molecule has 5 N–H and O–H groups in total. The molecule has 3 aromatic rings. The Morgan fingerprint density at radius 3 is 2.66 bits per heavy atom. The van der Waals surface area contributed by atoms with Gasteiger partial charge in [0, 0.05) is 10.6 Å². The second-order valence-electron chi connectivity index (χ2n) is 7.26. The fourth-order valence-corrected chi connectivity index (χ4v) is 5.54. The molecule has 0 saturated carbocycles. The molecular formula is C19H19N3O5S2. The van der Waals surface area contributed by atoms with Gasteiger partial charge in [-0.15, -0.1) is 11.3 Å². The average molecular weight is 434 g/mol. The lowest BCUT2D eigenvalue weighted by Gasteiger charge is -2.18. The molecule has 1 unspecified atom stereocenters. The molecule has 0 bridgehead atoms. The molecular weight excluding hydrogens is 414 g/mol. The van der Waals surface area contributed by atoms with Gasteiger partial charge in [0.1, 0.15) is 16.1 Å². The summed E-state index contributed by atoms with van der Waals surface area (Å²) >= 11 is 1.44. The number of aromatic amines is 1. The Kier molecular flexibility index (Phi) is 4.72. The minimum atomic E-state index is -3.85. The predicted octanol–water partition coefficient (Wildman–Crippen LogP) is 2.32. The number of nitrogens with one attached hydrogen (secondary N) is 2. The number of hydrogen-bond donors (Lipinski definition) is 4. The molecule has 29 heavy (non-hydrogen) atoms. The molecule has 0 radical (unpaired) electrons. The van der Waals surface area contributed by atoms with E-state index < -0.39 is 21.5 Å². The zero-order valence-electron chi connectivity index (χ0n) is 15.5. The number of aromatic nitrogens is 1. The minimum absolute atomic E-state index is 0.100. The van der Waals surface area contributed by atoms with Gasteiger partial charge in [-0.05, 0) is 55.0 Å². The first-order valence-corrected chi connectivity index (χ1v) is 11.3. The number of anilines is 1. The van der Waals surface area contributed by atoms with E-state index in [1.54, 1.807) is 0 Å². The fraction of sp³-hybridized carbons (Fsp3) is 0.263. The van der Waals surface area contributed by atoms with Crippen molar-refractivity contribution >= 4 is 43.2 Å². The maximum atomic E-state index is 12.7. The maximum absolute atomic E-state index is 12.7. The van der Waals surface area contributed by atoms with Crippen molar-refractivity contribution in [3.63, 3.8) is 0 Å². The zero-order valence-corrected chi connectivity index (χ0v) is 17.1. The van der Waals surface area contributed by atoms with Crippen molar-refractivity contribution in [2.24, 2.45) is 11.1 Å². The van der Waals surface area contributed by atoms with Crippen LogP contribution in [0, 0.1) is 5.92 Å². The van der Waals surface area contributed by atoms with Crippen molar-refractivity contribution in [3.05, 3.63) is 50.6 Å². The van der Waals surface area contributed by atoms with Gasteiger partial charge < -0.3 is 15.4 Å². The summed E-state index contributed by atoms with van der Waals surface area (Å²) < 4.78 is 22.7. The normalized spacial score (nSPS) is 16.6. The topological polar surface area (TPSA) is 142 Å². The molecule has 0 spiro atoms. The first kappa shape index (κ1) is 19.6. The number of hydrogen-bond acceptors (Lipinski definition) is 6. The van der Waals surface area contributed by atoms with Crippen LogP contribution in [-0.2, 0) is 22.9 Å². The highest BCUT2D eigenvalue weighted by atomic mass is 32.2. The van der Waals surface area contributed by atoms with E-state index in [4.69, 9.17) is 5.14 Å². The number of H-pyrrole nitrogens is 1. The van der Waals surface area contributed by atoms with Gasteiger partial charge >= 0.3 is 0 Å². The molecule has 1 aromatic carbocycles. The first-order valence-electron chi connectivity index (χ1n) is 8.99. The van der Waals surface area contributed by atoms with Crippen molar-refractivity contribution in [3.8, 4) is 5.75 Å². The van der Waals surface area contributed by atoms with E-state index in [1.807, 2.05) is 0 Å². The van der Waals surface area contributed by atoms with Crippen LogP contribution in [0.25, 0.3) is 10.2 Å². The van der Waals surface area contributed by atoms with E-state index in [-0.39, 0.29) is 21.9 Å². The summed E-state index contributed by atoms with van der Waals surface area (Å²) in [6.45, 7) is 2.16. The van der Waals surface area contributed by atoms with Gasteiger partial charge in [-0.3, -0.25) is 9.59 Å². The minimum Gasteiger partial charge on any atom is -0.506 e. The number of rotatable bonds is 3. The van der Waals surface area contributed by atoms with E-state index in [0.717, 1.165) is 29.7 Å². The number of thiophene rings is 1. The van der Waals surface area contributed by atoms with Crippen LogP contribution >= 0.6 is 11.3 Å². The number of aromatic hydroxyl groups is 1. The number of aryl methyl sites for hydroxylation is 1. The van der Waals surface area contributed by atoms with Gasteiger partial charge in [0.25, 0.3) is 11.5 Å². The monoisotopic (exact) mass is 433 g/mol. The first-order chi connectivity index (χ1) is 13.6. The fourth-order valence-electron chi connectivity index (χ4n) is 3.62. The van der Waals surface area contributed by atoms with Crippen molar-refractivity contribution in [2.75, 3.05) is 5.32 Å². The van der Waals surface area contributed by atoms with E-state index in [1.165, 1.54) is 35.6 Å². The largest absolute Gasteiger partial charge is 0.506 e. The third kappa shape index (κ3) is 3.54. The Labute approximate surface area is 170 Å². The van der Waals surface area contributed by atoms with Gasteiger partial charge in [0.2, 0.25) is 10.0 Å². The third-order valence-corrected chi connectivity index (χ3v) is 7.21. The van der Waals surface area contributed by atoms with Crippen LogP contribution in [-0.4, -0.2) is 24.4 Å². The number of benzene rings is 1. The van der Waals surface area contributed by atoms with Crippen LogP contribution in [0.4, 0.5) is 5.69 Å². The van der Waals surface area contributed by atoms with E-state index in [0.29, 0.717) is 16.1 Å². The van der Waals surface area contributed by atoms with E-state index in [2.05, 4.69) is 17.2 Å². The second-order valence-corrected chi connectivity index (χ2v) is 9.92. The second kappa shape index (κ2) is 6.97. The Balaban J connectivity index is 1.72. The number of nitrogens with two attached hydrogens (primary N) is 1. The average Bonchev–Trinajstić information content (AvgIpc) is 2.98. The quantitative estimate of drug-likeness (QED) is 0.501. The predicted molar refractivity (Wildman–Crippen MR) is 111 cm³/mol. The number of sulfonamides is 1. The van der Waals surface area contributed by atoms with Crippen LogP contribution in [0.5, 0.6) is 5.75 Å². The Bertz CT molecular complexity index is 1290. The summed E-state index contributed by atoms with van der Waals surface area (Å²) in [5, 5.41) is 18.9. The van der Waals surface area contributed by atoms with Crippen LogP contribution in [0.15, 0.2) is 34.0 Å². The Morgan fingerprint density at radius 1 is 1.31 bits per heavy atom. The molecule has 1 aliphatic rings. The number of primary sulfonamides is 1. The molecule has 1 amide bonds. The smallest absolute Gasteiger partial charge is 0.265 e. The Hall–Kier alpha value is -2.69. The maximum Gasteiger partial charge on any atom is 0.265 e. The van der Waals surface area contributed by atoms with Crippen molar-refractivity contribution in [1.29, 1.82) is 0 Å². The van der Waals surface area contributed by atoms with Crippen LogP contribution < -0.4 is 16.0 Å². The molecule has 0 saturated heterocycles. The highest BCUT2D eigenvalue weighted by molar-refractivity contribution is 7.89. The van der Waals surface area contributed by atoms with E-state index >= 15 is 0 Å². The van der Waals surface area contributed by atoms with Crippen molar-refractivity contribution in [1.82, 2.24) is 4.98 Å². The van der Waals surface area contributed by atoms with Crippen LogP contribution in [0.2, 0.25) is 0 Å². The molecule has 2 heterocycles. The van der Waals surface area contributed by atoms with Gasteiger partial charge in [-0.2, -0.15) is 0 Å². The lowest BCUT2D eigenvalue weighted by Crippen LogP contribution is -2.23. The van der Waals surface area contributed by atoms with Gasteiger partial charge in [-0.1, -0.05) is 6.92 Å². The highest BCUT2D eigenvalue weighted by Crippen LogP contribution is 2.41. The number of carbonyl (C=O) groups is 1. The molecule has 2 aromatic heterocycles. The molecule has 8 nitrogen and oxygen atoms in total. The molecule has 0 fully saturated rings. The summed E-state index contributed by atoms with van der Waals surface area (Å²) in [6.07, 6.45) is 2.65. The van der Waals surface area contributed by atoms with Crippen molar-refractivity contribution < 1.29 is 18.3 Å². The number of pyridine rings is 1. The zero-order chi connectivity index (χ0) is 20.9. The molecule has 1 atom stereocenters. The summed E-state index contributed by atoms with van der Waals surface area (Å²) in [5.74, 6) is -0.569. The molecule has 1 aliphatic carbocycles. The highest BCUT2D eigenvalue weighted by Gasteiger charge is 2.27. The lowest BCUT2D eigenvalue weighted by atomic mass is 9.89. The van der Waals surface area contributed by atoms with Crippen LogP contribution in [0.3, 0.4) is 0 Å². The summed E-state index contributed by atoms with van der Waals surface area (Å²) in [6, 6.07) is 5.20. The molecule has 152 valence electrons. The lowest BCUT2D eigenvalue weighted by molar-refractivity contribution is 0.102. The number of carbonyl (C=O) groups excluding carboxylic acids is 1. The summed E-state index contributed by atoms with van der Waals surface area (Å²) in [7, 11) is -3.85. The van der Waals surface area contributed by atoms with Gasteiger partial charge in [-0.25, -0.2) is 13.6 Å². The number of amides is 1. The Morgan fingerprint density at radius 2 is 2.00 bits per heavy atom. The van der Waals surface area contributed by atoms with Crippen LogP contribution in [0.1, 0.15) is 34.1 Å². The molecule has 0 aliphatic heterocycles. The van der Waals surface area contributed by atoms with E-state index in [9.17, 15) is 23.1 Å². The molecule has 4 rings (SSSR count). The standard InChI is InChI=1S/C19H19N3O5S2/c1-9-2-7-12-13(8-9)28-19-14(12)16(23)15(18(25)22-19)17(24)21-10-3-5-11(6-4-10)29(20,26)27/h3-6,9H,2,7-8H2,1H3,(H,21,24)(H2,20,26,27)(H2,22,23,25). The van der Waals surface area contributed by atoms with Crippen molar-refractivity contribution in [2.45, 2.75) is 31.1 Å². The van der Waals surface area contributed by atoms with Gasteiger partial charge in [0.05, 0.1) is 10.3 Å². The third-order valence-electron chi connectivity index (χ3n) is 5.11. The summed E-state index contributed by atoms with van der Waals surface area (Å²) in [5.41, 5.74) is 0.207. The summed E-state index contributed by atoms with van der Waals surface area (Å²) in [4.78, 5) is 29.5. The molecule has 10 heteroatoms. The number of fused-ring (bicyclic) bond motifs is 3.